The molecule has 1 aromatic heterocycles. The first-order chi connectivity index (χ1) is 9.13. The van der Waals surface area contributed by atoms with Crippen molar-refractivity contribution in [1.82, 2.24) is 9.97 Å². The fourth-order valence-corrected chi connectivity index (χ4v) is 2.00. The van der Waals surface area contributed by atoms with Crippen molar-refractivity contribution in [3.63, 3.8) is 0 Å². The fraction of sp³-hybridized carbons (Fsp3) is 0.545. The molecule has 0 spiro atoms. The van der Waals surface area contributed by atoms with E-state index in [1.54, 1.807) is 6.07 Å². The molecule has 8 nitrogen and oxygen atoms in total. The van der Waals surface area contributed by atoms with Gasteiger partial charge in [0, 0.05) is 36.2 Å². The summed E-state index contributed by atoms with van der Waals surface area (Å²) in [4.78, 5) is 24.6. The second kappa shape index (κ2) is 5.53. The van der Waals surface area contributed by atoms with Crippen LogP contribution in [-0.2, 0) is 4.79 Å². The highest BCUT2D eigenvalue weighted by Gasteiger charge is 2.32. The molecule has 8 heteroatoms. The van der Waals surface area contributed by atoms with Crippen LogP contribution in [0.5, 0.6) is 5.88 Å². The van der Waals surface area contributed by atoms with Crippen molar-refractivity contribution in [1.29, 1.82) is 0 Å². The summed E-state index contributed by atoms with van der Waals surface area (Å²) in [7, 11) is 1.52. The second-order valence-corrected chi connectivity index (χ2v) is 4.34. The van der Waals surface area contributed by atoms with Crippen molar-refractivity contribution in [2.75, 3.05) is 25.1 Å². The number of nitrogens with zero attached hydrogens (tertiary/aromatic N) is 6. The van der Waals surface area contributed by atoms with Gasteiger partial charge in [-0.25, -0.2) is 4.98 Å². The van der Waals surface area contributed by atoms with E-state index >= 15 is 0 Å². The molecule has 1 unspecified atom stereocenters. The lowest BCUT2D eigenvalue weighted by Gasteiger charge is -2.15. The number of carbonyl (C=O) groups excluding carboxylic acids is 1. The summed E-state index contributed by atoms with van der Waals surface area (Å²) in [5, 5.41) is 3.50. The maximum Gasteiger partial charge on any atom is 0.235 e. The zero-order valence-electron chi connectivity index (χ0n) is 10.8. The van der Waals surface area contributed by atoms with E-state index in [9.17, 15) is 4.79 Å². The van der Waals surface area contributed by atoms with E-state index in [1.165, 1.54) is 12.0 Å². The predicted octanol–water partition coefficient (Wildman–Crippen LogP) is 1.46. The van der Waals surface area contributed by atoms with E-state index in [0.717, 1.165) is 5.69 Å². The Balaban J connectivity index is 2.20. The Labute approximate surface area is 110 Å². The van der Waals surface area contributed by atoms with E-state index in [0.29, 0.717) is 31.3 Å². The molecule has 0 aliphatic carbocycles. The number of rotatable bonds is 4. The van der Waals surface area contributed by atoms with Crippen LogP contribution in [0, 0.1) is 12.8 Å². The Morgan fingerprint density at radius 2 is 2.42 bits per heavy atom. The van der Waals surface area contributed by atoms with Gasteiger partial charge in [-0.15, -0.1) is 0 Å². The molecule has 1 aromatic rings. The minimum atomic E-state index is -0.0641. The van der Waals surface area contributed by atoms with E-state index in [-0.39, 0.29) is 11.8 Å². The molecule has 0 saturated carbocycles. The number of anilines is 1. The van der Waals surface area contributed by atoms with Gasteiger partial charge >= 0.3 is 0 Å². The fourth-order valence-electron chi connectivity index (χ4n) is 2.00. The van der Waals surface area contributed by atoms with Crippen LogP contribution in [0.25, 0.3) is 10.4 Å². The molecule has 0 aromatic carbocycles. The van der Waals surface area contributed by atoms with Crippen LogP contribution in [0.2, 0.25) is 0 Å². The minimum absolute atomic E-state index is 0.0125. The van der Waals surface area contributed by atoms with Gasteiger partial charge in [-0.1, -0.05) is 5.11 Å². The maximum absolute atomic E-state index is 11.9. The Morgan fingerprint density at radius 1 is 1.63 bits per heavy atom. The van der Waals surface area contributed by atoms with Gasteiger partial charge in [0.25, 0.3) is 0 Å². The molecular formula is C11H14N6O2. The predicted molar refractivity (Wildman–Crippen MR) is 67.8 cm³/mol. The number of azide groups is 1. The highest BCUT2D eigenvalue weighted by molar-refractivity contribution is 5.94. The topological polar surface area (TPSA) is 104 Å². The van der Waals surface area contributed by atoms with Crippen LogP contribution in [0.1, 0.15) is 12.1 Å². The van der Waals surface area contributed by atoms with Gasteiger partial charge in [0.05, 0.1) is 7.11 Å². The first-order valence-electron chi connectivity index (χ1n) is 5.85. The summed E-state index contributed by atoms with van der Waals surface area (Å²) in [5.74, 6) is 0.711. The molecule has 1 fully saturated rings. The highest BCUT2D eigenvalue weighted by atomic mass is 16.5. The zero-order valence-corrected chi connectivity index (χ0v) is 10.8. The molecule has 2 rings (SSSR count). The van der Waals surface area contributed by atoms with Crippen molar-refractivity contribution in [2.45, 2.75) is 13.3 Å². The molecule has 19 heavy (non-hydrogen) atoms. The lowest BCUT2D eigenvalue weighted by molar-refractivity contribution is -0.117. The third-order valence-corrected chi connectivity index (χ3v) is 2.88. The van der Waals surface area contributed by atoms with Crippen LogP contribution >= 0.6 is 0 Å². The van der Waals surface area contributed by atoms with Crippen LogP contribution in [-0.4, -0.2) is 36.1 Å². The van der Waals surface area contributed by atoms with Gasteiger partial charge < -0.3 is 4.74 Å². The van der Waals surface area contributed by atoms with Gasteiger partial charge in [-0.3, -0.25) is 9.69 Å². The summed E-state index contributed by atoms with van der Waals surface area (Å²) in [6.45, 7) is 2.58. The SMILES string of the molecule is COc1cc(C)nc(N2CC(CN=[N+]=[N-])CC2=O)n1. The number of aromatic nitrogens is 2. The first kappa shape index (κ1) is 13.1. The van der Waals surface area contributed by atoms with Crippen LogP contribution in [0.15, 0.2) is 11.2 Å². The number of hydrogen-bond acceptors (Lipinski definition) is 5. The van der Waals surface area contributed by atoms with Gasteiger partial charge in [-0.05, 0) is 18.4 Å². The first-order valence-corrected chi connectivity index (χ1v) is 5.85. The van der Waals surface area contributed by atoms with Gasteiger partial charge in [0.1, 0.15) is 0 Å². The van der Waals surface area contributed by atoms with Crippen LogP contribution in [0.3, 0.4) is 0 Å². The number of hydrogen-bond donors (Lipinski definition) is 0. The summed E-state index contributed by atoms with van der Waals surface area (Å²) in [5.41, 5.74) is 9.03. The van der Waals surface area contributed by atoms with Crippen molar-refractivity contribution in [3.05, 3.63) is 22.2 Å². The number of carbonyl (C=O) groups is 1. The molecule has 2 heterocycles. The van der Waals surface area contributed by atoms with E-state index in [2.05, 4.69) is 20.0 Å². The standard InChI is InChI=1S/C11H14N6O2/c1-7-3-9(19-2)15-11(14-7)17-6-8(4-10(17)18)5-13-16-12/h3,8H,4-6H2,1-2H3. The summed E-state index contributed by atoms with van der Waals surface area (Å²) >= 11 is 0. The smallest absolute Gasteiger partial charge is 0.235 e. The Bertz CT molecular complexity index is 540. The van der Waals surface area contributed by atoms with Crippen LogP contribution in [0.4, 0.5) is 5.95 Å². The molecule has 100 valence electrons. The van der Waals surface area contributed by atoms with Crippen molar-refractivity contribution in [3.8, 4) is 5.88 Å². The van der Waals surface area contributed by atoms with Crippen molar-refractivity contribution in [2.24, 2.45) is 11.0 Å². The molecular weight excluding hydrogens is 248 g/mol. The quantitative estimate of drug-likeness (QED) is 0.465. The lowest BCUT2D eigenvalue weighted by Crippen LogP contribution is -2.27. The lowest BCUT2D eigenvalue weighted by atomic mass is 10.1. The Kier molecular flexibility index (Phi) is 3.82. The average Bonchev–Trinajstić information content (AvgIpc) is 2.76. The zero-order chi connectivity index (χ0) is 13.8. The van der Waals surface area contributed by atoms with E-state index < -0.39 is 0 Å². The average molecular weight is 262 g/mol. The summed E-state index contributed by atoms with van der Waals surface area (Å²) < 4.78 is 5.07. The molecule has 1 saturated heterocycles. The molecule has 0 radical (unpaired) electrons. The van der Waals surface area contributed by atoms with Crippen molar-refractivity contribution < 1.29 is 9.53 Å². The Morgan fingerprint density at radius 3 is 3.11 bits per heavy atom. The largest absolute Gasteiger partial charge is 0.481 e. The molecule has 1 amide bonds. The maximum atomic E-state index is 11.9. The van der Waals surface area contributed by atoms with Crippen molar-refractivity contribution >= 4 is 11.9 Å². The van der Waals surface area contributed by atoms with E-state index in [1.807, 2.05) is 6.92 Å². The minimum Gasteiger partial charge on any atom is -0.481 e. The monoisotopic (exact) mass is 262 g/mol. The molecule has 1 aliphatic rings. The number of aryl methyl sites for hydroxylation is 1. The normalized spacial score (nSPS) is 18.3. The Hall–Kier alpha value is -2.34. The molecule has 1 atom stereocenters. The number of amides is 1. The van der Waals surface area contributed by atoms with Gasteiger partial charge in [0.2, 0.25) is 17.7 Å². The molecule has 0 bridgehead atoms. The number of ether oxygens (including phenoxy) is 1. The van der Waals surface area contributed by atoms with Gasteiger partial charge in [-0.2, -0.15) is 4.98 Å². The van der Waals surface area contributed by atoms with Gasteiger partial charge in [0.15, 0.2) is 0 Å². The third kappa shape index (κ3) is 2.92. The molecule has 1 aliphatic heterocycles. The van der Waals surface area contributed by atoms with Crippen LogP contribution < -0.4 is 9.64 Å². The summed E-state index contributed by atoms with van der Waals surface area (Å²) in [6, 6.07) is 1.70. The second-order valence-electron chi connectivity index (χ2n) is 4.34. The molecule has 0 N–H and O–H groups in total. The highest BCUT2D eigenvalue weighted by Crippen LogP contribution is 2.24. The van der Waals surface area contributed by atoms with E-state index in [4.69, 9.17) is 10.3 Å². The third-order valence-electron chi connectivity index (χ3n) is 2.88. The summed E-state index contributed by atoms with van der Waals surface area (Å²) in [6.07, 6.45) is 0.346. The number of methoxy groups -OCH3 is 1.